The molecule has 0 fully saturated rings. The zero-order valence-corrected chi connectivity index (χ0v) is 8.06. The Morgan fingerprint density at radius 2 is 2.17 bits per heavy atom. The summed E-state index contributed by atoms with van der Waals surface area (Å²) in [6.07, 6.45) is 4.41. The molecule has 0 aromatic heterocycles. The van der Waals surface area contributed by atoms with Gasteiger partial charge in [-0.2, -0.15) is 0 Å². The van der Waals surface area contributed by atoms with E-state index >= 15 is 0 Å². The van der Waals surface area contributed by atoms with Gasteiger partial charge in [-0.05, 0) is 33.3 Å². The molecule has 12 heavy (non-hydrogen) atoms. The van der Waals surface area contributed by atoms with E-state index in [2.05, 4.69) is 6.58 Å². The summed E-state index contributed by atoms with van der Waals surface area (Å²) in [4.78, 5) is 0. The number of rotatable bonds is 5. The fourth-order valence-corrected chi connectivity index (χ4v) is 0.594. The Bertz CT molecular complexity index is 165. The minimum absolute atomic E-state index is 0.104. The number of halogens is 1. The molecule has 0 spiro atoms. The van der Waals surface area contributed by atoms with Crippen LogP contribution in [0.4, 0.5) is 4.39 Å². The minimum atomic E-state index is -1.26. The largest absolute Gasteiger partial charge is 0.495 e. The van der Waals surface area contributed by atoms with Crippen molar-refractivity contribution in [2.75, 3.05) is 6.61 Å². The average molecular weight is 172 g/mol. The molecule has 0 heterocycles. The van der Waals surface area contributed by atoms with Gasteiger partial charge in [-0.15, -0.1) is 6.58 Å². The molecule has 1 nitrogen and oxygen atoms in total. The summed E-state index contributed by atoms with van der Waals surface area (Å²) in [5, 5.41) is 0. The van der Waals surface area contributed by atoms with Crippen molar-refractivity contribution in [3.63, 3.8) is 0 Å². The fraction of sp³-hybridized carbons (Fsp3) is 0.600. The molecular weight excluding hydrogens is 155 g/mol. The summed E-state index contributed by atoms with van der Waals surface area (Å²) < 4.78 is 18.0. The van der Waals surface area contributed by atoms with Crippen LogP contribution in [0, 0.1) is 0 Å². The highest BCUT2D eigenvalue weighted by Gasteiger charge is 2.15. The summed E-state index contributed by atoms with van der Waals surface area (Å²) in [5.74, 6) is 0.751. The molecule has 0 aliphatic carbocycles. The van der Waals surface area contributed by atoms with E-state index in [-0.39, 0.29) is 6.61 Å². The van der Waals surface area contributed by atoms with Crippen molar-refractivity contribution < 1.29 is 9.13 Å². The zero-order chi connectivity index (χ0) is 9.61. The van der Waals surface area contributed by atoms with E-state index in [0.717, 1.165) is 12.2 Å². The van der Waals surface area contributed by atoms with Gasteiger partial charge in [0.15, 0.2) is 0 Å². The fourth-order valence-electron chi connectivity index (χ4n) is 0.594. The lowest BCUT2D eigenvalue weighted by Crippen LogP contribution is -2.19. The van der Waals surface area contributed by atoms with Crippen molar-refractivity contribution >= 4 is 0 Å². The lowest BCUT2D eigenvalue weighted by Gasteiger charge is -2.15. The summed E-state index contributed by atoms with van der Waals surface area (Å²) in [6, 6.07) is 0. The molecule has 0 aliphatic heterocycles. The molecule has 0 saturated carbocycles. The summed E-state index contributed by atoms with van der Waals surface area (Å²) >= 11 is 0. The zero-order valence-electron chi connectivity index (χ0n) is 8.06. The highest BCUT2D eigenvalue weighted by molar-refractivity contribution is 4.93. The van der Waals surface area contributed by atoms with Crippen LogP contribution in [0.5, 0.6) is 0 Å². The Morgan fingerprint density at radius 1 is 1.58 bits per heavy atom. The van der Waals surface area contributed by atoms with Gasteiger partial charge < -0.3 is 4.74 Å². The molecule has 0 atom stereocenters. The molecule has 0 aromatic rings. The van der Waals surface area contributed by atoms with Crippen LogP contribution in [0.15, 0.2) is 24.5 Å². The van der Waals surface area contributed by atoms with Crippen LogP contribution in [0.2, 0.25) is 0 Å². The molecule has 0 aliphatic rings. The van der Waals surface area contributed by atoms with Crippen molar-refractivity contribution in [3.05, 3.63) is 24.5 Å². The van der Waals surface area contributed by atoms with Crippen molar-refractivity contribution in [2.45, 2.75) is 32.9 Å². The SMILES string of the molecule is C=CCC=C(C)OCC(C)(C)F. The van der Waals surface area contributed by atoms with Crippen LogP contribution in [-0.2, 0) is 4.74 Å². The lowest BCUT2D eigenvalue weighted by atomic mass is 10.2. The van der Waals surface area contributed by atoms with Gasteiger partial charge in [-0.1, -0.05) is 6.08 Å². The summed E-state index contributed by atoms with van der Waals surface area (Å²) in [7, 11) is 0. The third-order valence-corrected chi connectivity index (χ3v) is 1.22. The first kappa shape index (κ1) is 11.2. The Balaban J connectivity index is 3.70. The average Bonchev–Trinajstić information content (AvgIpc) is 1.95. The smallest absolute Gasteiger partial charge is 0.139 e. The quantitative estimate of drug-likeness (QED) is 0.457. The Kier molecular flexibility index (Phi) is 4.64. The number of allylic oxidation sites excluding steroid dienone is 3. The standard InChI is InChI=1S/C10H17FO/c1-5-6-7-9(2)12-8-10(3,4)11/h5,7H,1,6,8H2,2-4H3. The topological polar surface area (TPSA) is 9.23 Å². The van der Waals surface area contributed by atoms with Gasteiger partial charge in [0.05, 0.1) is 5.76 Å². The second kappa shape index (κ2) is 4.96. The van der Waals surface area contributed by atoms with Crippen LogP contribution in [0.1, 0.15) is 27.2 Å². The summed E-state index contributed by atoms with van der Waals surface area (Å²) in [5.41, 5.74) is -1.26. The maximum atomic E-state index is 12.9. The van der Waals surface area contributed by atoms with E-state index in [1.807, 2.05) is 13.0 Å². The van der Waals surface area contributed by atoms with E-state index in [1.54, 1.807) is 6.08 Å². The van der Waals surface area contributed by atoms with Gasteiger partial charge in [-0.3, -0.25) is 0 Å². The molecule has 0 radical (unpaired) electrons. The van der Waals surface area contributed by atoms with Crippen molar-refractivity contribution in [1.82, 2.24) is 0 Å². The van der Waals surface area contributed by atoms with Gasteiger partial charge in [0.1, 0.15) is 12.3 Å². The van der Waals surface area contributed by atoms with Crippen molar-refractivity contribution in [1.29, 1.82) is 0 Å². The molecule has 0 N–H and O–H groups in total. The molecule has 0 rings (SSSR count). The molecule has 0 unspecified atom stereocenters. The first-order valence-electron chi connectivity index (χ1n) is 4.05. The molecule has 0 aromatic carbocycles. The molecule has 2 heteroatoms. The molecule has 0 bridgehead atoms. The van der Waals surface area contributed by atoms with E-state index < -0.39 is 5.67 Å². The Morgan fingerprint density at radius 3 is 2.58 bits per heavy atom. The van der Waals surface area contributed by atoms with Gasteiger partial charge >= 0.3 is 0 Å². The van der Waals surface area contributed by atoms with E-state index in [1.165, 1.54) is 13.8 Å². The van der Waals surface area contributed by atoms with E-state index in [0.29, 0.717) is 0 Å². The summed E-state index contributed by atoms with van der Waals surface area (Å²) in [6.45, 7) is 8.47. The second-order valence-corrected chi connectivity index (χ2v) is 3.35. The van der Waals surface area contributed by atoms with Crippen LogP contribution in [0.3, 0.4) is 0 Å². The maximum absolute atomic E-state index is 12.9. The van der Waals surface area contributed by atoms with Crippen molar-refractivity contribution in [2.24, 2.45) is 0 Å². The molecule has 0 saturated heterocycles. The predicted octanol–water partition coefficient (Wildman–Crippen LogP) is 3.23. The maximum Gasteiger partial charge on any atom is 0.139 e. The highest BCUT2D eigenvalue weighted by Crippen LogP contribution is 2.11. The molecular formula is C10H17FO. The predicted molar refractivity (Wildman–Crippen MR) is 49.7 cm³/mol. The lowest BCUT2D eigenvalue weighted by molar-refractivity contribution is 0.0767. The first-order valence-corrected chi connectivity index (χ1v) is 4.05. The number of hydrogen-bond acceptors (Lipinski definition) is 1. The van der Waals surface area contributed by atoms with Gasteiger partial charge in [0, 0.05) is 0 Å². The van der Waals surface area contributed by atoms with Crippen LogP contribution >= 0.6 is 0 Å². The number of alkyl halides is 1. The third-order valence-electron chi connectivity index (χ3n) is 1.22. The van der Waals surface area contributed by atoms with Crippen LogP contribution in [-0.4, -0.2) is 12.3 Å². The Hall–Kier alpha value is -0.790. The van der Waals surface area contributed by atoms with Crippen LogP contribution < -0.4 is 0 Å². The normalized spacial score (nSPS) is 12.8. The second-order valence-electron chi connectivity index (χ2n) is 3.35. The first-order chi connectivity index (χ1) is 5.45. The molecule has 0 amide bonds. The third kappa shape index (κ3) is 7.32. The van der Waals surface area contributed by atoms with Crippen LogP contribution in [0.25, 0.3) is 0 Å². The van der Waals surface area contributed by atoms with Gasteiger partial charge in [0.25, 0.3) is 0 Å². The van der Waals surface area contributed by atoms with Crippen molar-refractivity contribution in [3.8, 4) is 0 Å². The Labute approximate surface area is 73.9 Å². The minimum Gasteiger partial charge on any atom is -0.495 e. The number of ether oxygens (including phenoxy) is 1. The number of hydrogen-bond donors (Lipinski definition) is 0. The van der Waals surface area contributed by atoms with Gasteiger partial charge in [-0.25, -0.2) is 4.39 Å². The van der Waals surface area contributed by atoms with E-state index in [4.69, 9.17) is 4.74 Å². The monoisotopic (exact) mass is 172 g/mol. The van der Waals surface area contributed by atoms with E-state index in [9.17, 15) is 4.39 Å². The van der Waals surface area contributed by atoms with Gasteiger partial charge in [0.2, 0.25) is 0 Å². The molecule has 70 valence electrons. The highest BCUT2D eigenvalue weighted by atomic mass is 19.1.